The van der Waals surface area contributed by atoms with E-state index in [1.165, 1.54) is 11.3 Å². The van der Waals surface area contributed by atoms with E-state index in [1.807, 2.05) is 23.1 Å². The number of nitrogens with two attached hydrogens (primary N) is 1. The van der Waals surface area contributed by atoms with Crippen molar-refractivity contribution in [3.05, 3.63) is 27.5 Å². The number of nitrogen functional groups attached to an aromatic ring is 1. The fraction of sp³-hybridized carbons (Fsp3) is 0.400. The van der Waals surface area contributed by atoms with Gasteiger partial charge in [0, 0.05) is 34.2 Å². The smallest absolute Gasteiger partial charge is 0.266 e. The van der Waals surface area contributed by atoms with Crippen molar-refractivity contribution < 1.29 is 4.79 Å². The van der Waals surface area contributed by atoms with E-state index in [4.69, 9.17) is 5.73 Å². The van der Waals surface area contributed by atoms with Gasteiger partial charge < -0.3 is 15.5 Å². The van der Waals surface area contributed by atoms with Gasteiger partial charge in [0.2, 0.25) is 0 Å². The van der Waals surface area contributed by atoms with E-state index in [9.17, 15) is 4.79 Å². The highest BCUT2D eigenvalue weighted by atomic mass is 79.9. The Labute approximate surface area is 136 Å². The second-order valence-corrected chi connectivity index (χ2v) is 7.40. The van der Waals surface area contributed by atoms with E-state index in [0.29, 0.717) is 10.6 Å². The van der Waals surface area contributed by atoms with Crippen molar-refractivity contribution in [3.8, 4) is 0 Å². The Bertz CT molecular complexity index is 685. The van der Waals surface area contributed by atoms with Gasteiger partial charge in [0.05, 0.1) is 5.69 Å². The predicted molar refractivity (Wildman–Crippen MR) is 92.0 cm³/mol. The molecule has 1 aromatic carbocycles. The average Bonchev–Trinajstić information content (AvgIpc) is 2.63. The van der Waals surface area contributed by atoms with Gasteiger partial charge in [0.1, 0.15) is 4.88 Å². The van der Waals surface area contributed by atoms with Crippen LogP contribution in [0.5, 0.6) is 0 Å². The summed E-state index contributed by atoms with van der Waals surface area (Å²) in [5, 5.41) is 0.971. The Morgan fingerprint density at radius 3 is 2.90 bits per heavy atom. The number of rotatable bonds is 1. The molecule has 2 N–H and O–H groups in total. The molecular formula is C15H18BrN3OS. The fourth-order valence-corrected chi connectivity index (χ4v) is 4.29. The number of hydrogen-bond acceptors (Lipinski definition) is 4. The van der Waals surface area contributed by atoms with E-state index in [0.717, 1.165) is 47.2 Å². The topological polar surface area (TPSA) is 49.6 Å². The lowest BCUT2D eigenvalue weighted by Gasteiger charge is -2.20. The van der Waals surface area contributed by atoms with Crippen molar-refractivity contribution in [3.63, 3.8) is 0 Å². The first-order valence-electron chi connectivity index (χ1n) is 7.01. The third kappa shape index (κ3) is 2.93. The summed E-state index contributed by atoms with van der Waals surface area (Å²) in [7, 11) is 2.10. The first-order chi connectivity index (χ1) is 10.1. The summed E-state index contributed by atoms with van der Waals surface area (Å²) in [5.41, 5.74) is 6.82. The molecule has 1 saturated heterocycles. The second-order valence-electron chi connectivity index (χ2n) is 5.43. The summed E-state index contributed by atoms with van der Waals surface area (Å²) in [6.07, 6.45) is 1.01. The highest BCUT2D eigenvalue weighted by Gasteiger charge is 2.23. The first-order valence-corrected chi connectivity index (χ1v) is 8.62. The molecule has 0 bridgehead atoms. The Kier molecular flexibility index (Phi) is 4.19. The standard InChI is InChI=1S/C15H18BrN3OS/c1-18-5-2-6-19(8-7-18)15(20)14-13(17)11-4-3-10(16)9-12(11)21-14/h3-4,9H,2,5-8,17H2,1H3. The number of thiophene rings is 1. The van der Waals surface area contributed by atoms with E-state index in [1.54, 1.807) is 0 Å². The van der Waals surface area contributed by atoms with Crippen LogP contribution in [0.3, 0.4) is 0 Å². The molecule has 4 nitrogen and oxygen atoms in total. The van der Waals surface area contributed by atoms with Crippen LogP contribution < -0.4 is 5.73 Å². The second kappa shape index (κ2) is 5.94. The van der Waals surface area contributed by atoms with Gasteiger partial charge in [-0.15, -0.1) is 11.3 Å². The van der Waals surface area contributed by atoms with E-state index in [-0.39, 0.29) is 5.91 Å². The SMILES string of the molecule is CN1CCCN(C(=O)c2sc3cc(Br)ccc3c2N)CC1. The molecule has 0 atom stereocenters. The van der Waals surface area contributed by atoms with Crippen molar-refractivity contribution in [2.45, 2.75) is 6.42 Å². The Hall–Kier alpha value is -1.11. The molecule has 0 aliphatic carbocycles. The van der Waals surface area contributed by atoms with Crippen molar-refractivity contribution in [2.75, 3.05) is 39.0 Å². The molecule has 0 unspecified atom stereocenters. The molecule has 1 aliphatic rings. The van der Waals surface area contributed by atoms with Crippen molar-refractivity contribution in [1.29, 1.82) is 0 Å². The maximum Gasteiger partial charge on any atom is 0.266 e. The molecule has 6 heteroatoms. The van der Waals surface area contributed by atoms with Crippen molar-refractivity contribution in [2.24, 2.45) is 0 Å². The van der Waals surface area contributed by atoms with Crippen molar-refractivity contribution in [1.82, 2.24) is 9.80 Å². The third-order valence-corrected chi connectivity index (χ3v) is 5.54. The number of fused-ring (bicyclic) bond motifs is 1. The molecule has 0 saturated carbocycles. The minimum absolute atomic E-state index is 0.0696. The summed E-state index contributed by atoms with van der Waals surface area (Å²) in [4.78, 5) is 17.6. The van der Waals surface area contributed by atoms with Crippen LogP contribution in [0.15, 0.2) is 22.7 Å². The van der Waals surface area contributed by atoms with Gasteiger partial charge in [-0.25, -0.2) is 0 Å². The maximum atomic E-state index is 12.8. The van der Waals surface area contributed by atoms with Crippen molar-refractivity contribution >= 4 is 48.9 Å². The number of likely N-dealkylation sites (N-methyl/N-ethyl adjacent to an activating group) is 1. The van der Waals surface area contributed by atoms with Gasteiger partial charge in [-0.2, -0.15) is 0 Å². The molecule has 2 aromatic rings. The number of halogens is 1. The van der Waals surface area contributed by atoms with E-state index >= 15 is 0 Å². The number of amides is 1. The lowest BCUT2D eigenvalue weighted by atomic mass is 10.2. The Morgan fingerprint density at radius 2 is 2.10 bits per heavy atom. The van der Waals surface area contributed by atoms with Gasteiger partial charge in [-0.05, 0) is 32.1 Å². The number of nitrogens with zero attached hydrogens (tertiary/aromatic N) is 2. The van der Waals surface area contributed by atoms with Gasteiger partial charge >= 0.3 is 0 Å². The fourth-order valence-electron chi connectivity index (χ4n) is 2.64. The van der Waals surface area contributed by atoms with Crippen LogP contribution in [0.25, 0.3) is 10.1 Å². The quantitative estimate of drug-likeness (QED) is 0.842. The molecule has 0 radical (unpaired) electrons. The Balaban J connectivity index is 1.92. The van der Waals surface area contributed by atoms with Crippen LogP contribution in [0.1, 0.15) is 16.1 Å². The summed E-state index contributed by atoms with van der Waals surface area (Å²) in [6.45, 7) is 3.54. The summed E-state index contributed by atoms with van der Waals surface area (Å²) in [6, 6.07) is 5.95. The molecule has 1 aliphatic heterocycles. The first kappa shape index (κ1) is 14.8. The zero-order chi connectivity index (χ0) is 15.0. The van der Waals surface area contributed by atoms with Gasteiger partial charge in [0.25, 0.3) is 5.91 Å². The number of carbonyl (C=O) groups is 1. The molecule has 1 aromatic heterocycles. The van der Waals surface area contributed by atoms with Crippen LogP contribution in [-0.4, -0.2) is 48.9 Å². The highest BCUT2D eigenvalue weighted by molar-refractivity contribution is 9.10. The zero-order valence-electron chi connectivity index (χ0n) is 11.9. The minimum atomic E-state index is 0.0696. The maximum absolute atomic E-state index is 12.8. The summed E-state index contributed by atoms with van der Waals surface area (Å²) >= 11 is 4.95. The zero-order valence-corrected chi connectivity index (χ0v) is 14.3. The average molecular weight is 368 g/mol. The molecule has 1 fully saturated rings. The van der Waals surface area contributed by atoms with E-state index < -0.39 is 0 Å². The molecular weight excluding hydrogens is 350 g/mol. The normalized spacial score (nSPS) is 17.1. The van der Waals surface area contributed by atoms with Gasteiger partial charge in [-0.1, -0.05) is 22.0 Å². The number of anilines is 1. The molecule has 1 amide bonds. The van der Waals surface area contributed by atoms with Crippen LogP contribution >= 0.6 is 27.3 Å². The molecule has 112 valence electrons. The third-order valence-electron chi connectivity index (χ3n) is 3.89. The molecule has 21 heavy (non-hydrogen) atoms. The number of carbonyl (C=O) groups excluding carboxylic acids is 1. The van der Waals surface area contributed by atoms with Crippen LogP contribution in [0.2, 0.25) is 0 Å². The van der Waals surface area contributed by atoms with E-state index in [2.05, 4.69) is 27.9 Å². The largest absolute Gasteiger partial charge is 0.397 e. The summed E-state index contributed by atoms with van der Waals surface area (Å²) in [5.74, 6) is 0.0696. The highest BCUT2D eigenvalue weighted by Crippen LogP contribution is 2.36. The predicted octanol–water partition coefficient (Wildman–Crippen LogP) is 3.02. The Morgan fingerprint density at radius 1 is 1.29 bits per heavy atom. The van der Waals surface area contributed by atoms with Crippen LogP contribution in [-0.2, 0) is 0 Å². The lowest BCUT2D eigenvalue weighted by Crippen LogP contribution is -2.34. The van der Waals surface area contributed by atoms with Crippen LogP contribution in [0.4, 0.5) is 5.69 Å². The number of hydrogen-bond donors (Lipinski definition) is 1. The van der Waals surface area contributed by atoms with Crippen LogP contribution in [0, 0.1) is 0 Å². The lowest BCUT2D eigenvalue weighted by molar-refractivity contribution is 0.0768. The van der Waals surface area contributed by atoms with Gasteiger partial charge in [0.15, 0.2) is 0 Å². The molecule has 3 rings (SSSR count). The molecule has 0 spiro atoms. The molecule has 2 heterocycles. The monoisotopic (exact) mass is 367 g/mol. The minimum Gasteiger partial charge on any atom is -0.397 e. The van der Waals surface area contributed by atoms with Gasteiger partial charge in [-0.3, -0.25) is 4.79 Å². The summed E-state index contributed by atoms with van der Waals surface area (Å²) < 4.78 is 2.06. The number of benzene rings is 1.